The van der Waals surface area contributed by atoms with Gasteiger partial charge in [0.25, 0.3) is 0 Å². The highest BCUT2D eigenvalue weighted by Gasteiger charge is 2.30. The van der Waals surface area contributed by atoms with Gasteiger partial charge in [-0.3, -0.25) is 4.21 Å². The molecule has 5 nitrogen and oxygen atoms in total. The molecule has 1 aliphatic rings. The fourth-order valence-corrected chi connectivity index (χ4v) is 4.42. The lowest BCUT2D eigenvalue weighted by molar-refractivity contribution is 0.233. The first-order chi connectivity index (χ1) is 11.1. The molecule has 0 aliphatic heterocycles. The first-order valence-electron chi connectivity index (χ1n) is 8.29. The smallest absolute Gasteiger partial charge is 0.315 e. The van der Waals surface area contributed by atoms with Crippen LogP contribution in [0.15, 0.2) is 24.3 Å². The Balaban J connectivity index is 1.76. The molecule has 0 bridgehead atoms. The number of carbonyl (C=O) groups excluding carboxylic acids is 1. The van der Waals surface area contributed by atoms with Crippen LogP contribution in [-0.4, -0.2) is 38.9 Å². The number of nitrogens with one attached hydrogen (secondary N) is 2. The van der Waals surface area contributed by atoms with Gasteiger partial charge in [0.2, 0.25) is 0 Å². The van der Waals surface area contributed by atoms with Gasteiger partial charge in [0, 0.05) is 29.1 Å². The second-order valence-electron chi connectivity index (χ2n) is 5.92. The molecule has 0 spiro atoms. The van der Waals surface area contributed by atoms with Crippen LogP contribution in [0, 0.1) is 0 Å². The zero-order valence-electron chi connectivity index (χ0n) is 13.6. The minimum Gasteiger partial charge on any atom is -0.508 e. The third-order valence-corrected chi connectivity index (χ3v) is 6.09. The van der Waals surface area contributed by atoms with Gasteiger partial charge in [0.05, 0.1) is 5.25 Å². The maximum absolute atomic E-state index is 12.1. The molecule has 2 amide bonds. The summed E-state index contributed by atoms with van der Waals surface area (Å²) in [5, 5.41) is 15.2. The van der Waals surface area contributed by atoms with Gasteiger partial charge in [0.15, 0.2) is 0 Å². The number of benzene rings is 1. The minimum absolute atomic E-state index is 0.0122. The normalized spacial score (nSPS) is 22.3. The van der Waals surface area contributed by atoms with E-state index in [0.717, 1.165) is 31.2 Å². The van der Waals surface area contributed by atoms with Crippen molar-refractivity contribution in [3.63, 3.8) is 0 Å². The molecule has 1 aromatic carbocycles. The van der Waals surface area contributed by atoms with Crippen molar-refractivity contribution in [1.29, 1.82) is 0 Å². The fraction of sp³-hybridized carbons (Fsp3) is 0.588. The number of phenols is 1. The van der Waals surface area contributed by atoms with Gasteiger partial charge in [0.1, 0.15) is 5.75 Å². The monoisotopic (exact) mass is 338 g/mol. The van der Waals surface area contributed by atoms with Crippen LogP contribution < -0.4 is 10.6 Å². The molecule has 0 aromatic heterocycles. The molecule has 0 heterocycles. The molecule has 3 unspecified atom stereocenters. The molecule has 128 valence electrons. The average molecular weight is 338 g/mol. The Morgan fingerprint density at radius 3 is 2.65 bits per heavy atom. The Kier molecular flexibility index (Phi) is 6.89. The Labute approximate surface area is 140 Å². The molecule has 1 saturated carbocycles. The number of phenolic OH excluding ortho intramolecular Hbond substituents is 1. The molecule has 0 radical (unpaired) electrons. The van der Waals surface area contributed by atoms with Crippen LogP contribution in [0.2, 0.25) is 0 Å². The molecule has 2 rings (SSSR count). The van der Waals surface area contributed by atoms with E-state index in [9.17, 15) is 14.1 Å². The van der Waals surface area contributed by atoms with E-state index in [-0.39, 0.29) is 23.1 Å². The van der Waals surface area contributed by atoms with Gasteiger partial charge in [-0.2, -0.15) is 0 Å². The topological polar surface area (TPSA) is 78.4 Å². The van der Waals surface area contributed by atoms with Crippen LogP contribution in [0.5, 0.6) is 5.75 Å². The van der Waals surface area contributed by atoms with Crippen molar-refractivity contribution in [3.8, 4) is 5.75 Å². The van der Waals surface area contributed by atoms with Gasteiger partial charge < -0.3 is 15.7 Å². The molecule has 1 aliphatic carbocycles. The fourth-order valence-electron chi connectivity index (χ4n) is 2.99. The van der Waals surface area contributed by atoms with E-state index in [0.29, 0.717) is 18.7 Å². The van der Waals surface area contributed by atoms with Crippen molar-refractivity contribution in [2.45, 2.75) is 50.3 Å². The minimum atomic E-state index is -0.864. The summed E-state index contributed by atoms with van der Waals surface area (Å²) >= 11 is 0. The van der Waals surface area contributed by atoms with Crippen molar-refractivity contribution in [2.24, 2.45) is 0 Å². The maximum atomic E-state index is 12.1. The van der Waals surface area contributed by atoms with Crippen LogP contribution in [0.3, 0.4) is 0 Å². The SMILES string of the molecule is CCS(=O)C1CCCCC1NC(=O)NCCc1ccc(O)cc1. The summed E-state index contributed by atoms with van der Waals surface area (Å²) in [5.41, 5.74) is 1.06. The third-order valence-electron chi connectivity index (χ3n) is 4.28. The third kappa shape index (κ3) is 5.53. The summed E-state index contributed by atoms with van der Waals surface area (Å²) in [6.45, 7) is 2.46. The predicted octanol–water partition coefficient (Wildman–Crippen LogP) is 2.31. The number of rotatable bonds is 6. The lowest BCUT2D eigenvalue weighted by atomic mass is 9.95. The summed E-state index contributed by atoms with van der Waals surface area (Å²) in [6.07, 6.45) is 4.72. The molecule has 1 aromatic rings. The quantitative estimate of drug-likeness (QED) is 0.745. The largest absolute Gasteiger partial charge is 0.508 e. The maximum Gasteiger partial charge on any atom is 0.315 e. The first-order valence-corrected chi connectivity index (χ1v) is 9.67. The number of aromatic hydroxyl groups is 1. The Bertz CT molecular complexity index is 533. The zero-order valence-corrected chi connectivity index (χ0v) is 14.4. The molecular formula is C17H26N2O3S. The molecule has 3 atom stereocenters. The van der Waals surface area contributed by atoms with E-state index in [4.69, 9.17) is 0 Å². The van der Waals surface area contributed by atoms with Crippen LogP contribution in [0.4, 0.5) is 4.79 Å². The molecular weight excluding hydrogens is 312 g/mol. The first kappa shape index (κ1) is 17.8. The Morgan fingerprint density at radius 1 is 1.26 bits per heavy atom. The summed E-state index contributed by atoms with van der Waals surface area (Å²) < 4.78 is 12.1. The van der Waals surface area contributed by atoms with E-state index in [1.807, 2.05) is 19.1 Å². The summed E-state index contributed by atoms with van der Waals surface area (Å²) in [6, 6.07) is 6.80. The van der Waals surface area contributed by atoms with Crippen molar-refractivity contribution in [3.05, 3.63) is 29.8 Å². The molecule has 1 fully saturated rings. The average Bonchev–Trinajstić information content (AvgIpc) is 2.56. The highest BCUT2D eigenvalue weighted by molar-refractivity contribution is 7.85. The molecule has 0 saturated heterocycles. The molecule has 23 heavy (non-hydrogen) atoms. The number of hydrogen-bond acceptors (Lipinski definition) is 3. The van der Waals surface area contributed by atoms with Gasteiger partial charge in [-0.05, 0) is 37.0 Å². The highest BCUT2D eigenvalue weighted by atomic mass is 32.2. The van der Waals surface area contributed by atoms with Crippen molar-refractivity contribution < 1.29 is 14.1 Å². The van der Waals surface area contributed by atoms with Gasteiger partial charge in [-0.15, -0.1) is 0 Å². The van der Waals surface area contributed by atoms with Gasteiger partial charge in [-0.25, -0.2) is 4.79 Å². The van der Waals surface area contributed by atoms with E-state index in [1.54, 1.807) is 12.1 Å². The zero-order chi connectivity index (χ0) is 16.7. The number of urea groups is 1. The standard InChI is InChI=1S/C17H26N2O3S/c1-2-23(22)16-6-4-3-5-15(16)19-17(21)18-12-11-13-7-9-14(20)10-8-13/h7-10,15-16,20H,2-6,11-12H2,1H3,(H2,18,19,21). The summed E-state index contributed by atoms with van der Waals surface area (Å²) in [4.78, 5) is 12.1. The van der Waals surface area contributed by atoms with E-state index < -0.39 is 10.8 Å². The predicted molar refractivity (Wildman–Crippen MR) is 93.1 cm³/mol. The summed E-state index contributed by atoms with van der Waals surface area (Å²) in [7, 11) is -0.864. The van der Waals surface area contributed by atoms with Gasteiger partial charge >= 0.3 is 6.03 Å². The lowest BCUT2D eigenvalue weighted by Gasteiger charge is -2.31. The van der Waals surface area contributed by atoms with Crippen molar-refractivity contribution >= 4 is 16.8 Å². The Morgan fingerprint density at radius 2 is 1.96 bits per heavy atom. The van der Waals surface area contributed by atoms with E-state index in [1.165, 1.54) is 0 Å². The summed E-state index contributed by atoms with van der Waals surface area (Å²) in [5.74, 6) is 0.886. The number of amides is 2. The number of carbonyl (C=O) groups is 1. The van der Waals surface area contributed by atoms with Crippen LogP contribution in [0.1, 0.15) is 38.2 Å². The van der Waals surface area contributed by atoms with Crippen LogP contribution in [-0.2, 0) is 17.2 Å². The highest BCUT2D eigenvalue weighted by Crippen LogP contribution is 2.23. The lowest BCUT2D eigenvalue weighted by Crippen LogP contribution is -2.50. The van der Waals surface area contributed by atoms with E-state index >= 15 is 0 Å². The second kappa shape index (κ2) is 8.91. The number of hydrogen-bond donors (Lipinski definition) is 3. The second-order valence-corrected chi connectivity index (χ2v) is 7.86. The molecule has 6 heteroatoms. The van der Waals surface area contributed by atoms with Crippen LogP contribution >= 0.6 is 0 Å². The Hall–Kier alpha value is -1.56. The van der Waals surface area contributed by atoms with Crippen molar-refractivity contribution in [2.75, 3.05) is 12.3 Å². The molecule has 3 N–H and O–H groups in total. The van der Waals surface area contributed by atoms with Crippen molar-refractivity contribution in [1.82, 2.24) is 10.6 Å². The van der Waals surface area contributed by atoms with Gasteiger partial charge in [-0.1, -0.05) is 31.9 Å². The van der Waals surface area contributed by atoms with Crippen LogP contribution in [0.25, 0.3) is 0 Å². The van der Waals surface area contributed by atoms with E-state index in [2.05, 4.69) is 10.6 Å².